The van der Waals surface area contributed by atoms with E-state index in [9.17, 15) is 9.59 Å². The molecule has 0 spiro atoms. The standard InChI is InChI=1S/C12H13BrO3/c1-8-2-3-9(5-11(14)7-13)4-10(8)6-12(15)16/h2-4H,5-7H2,1H3,(H,15,16). The first-order valence-electron chi connectivity index (χ1n) is 4.90. The van der Waals surface area contributed by atoms with Gasteiger partial charge in [0.25, 0.3) is 0 Å². The molecular weight excluding hydrogens is 272 g/mol. The zero-order valence-electron chi connectivity index (χ0n) is 9.00. The fraction of sp³-hybridized carbons (Fsp3) is 0.333. The Morgan fingerprint density at radius 1 is 1.31 bits per heavy atom. The van der Waals surface area contributed by atoms with Crippen molar-refractivity contribution in [2.24, 2.45) is 0 Å². The van der Waals surface area contributed by atoms with E-state index < -0.39 is 5.97 Å². The molecule has 0 heterocycles. The van der Waals surface area contributed by atoms with Gasteiger partial charge in [0.1, 0.15) is 5.78 Å². The number of halogens is 1. The topological polar surface area (TPSA) is 54.4 Å². The van der Waals surface area contributed by atoms with E-state index in [1.165, 1.54) is 0 Å². The summed E-state index contributed by atoms with van der Waals surface area (Å²) in [6, 6.07) is 5.51. The number of carboxylic acid groups (broad SMARTS) is 1. The Labute approximate surface area is 103 Å². The molecule has 0 aliphatic carbocycles. The molecule has 0 aliphatic rings. The number of aliphatic carboxylic acids is 1. The lowest BCUT2D eigenvalue weighted by molar-refractivity contribution is -0.136. The first-order valence-corrected chi connectivity index (χ1v) is 6.03. The molecule has 86 valence electrons. The Hall–Kier alpha value is -1.16. The van der Waals surface area contributed by atoms with E-state index in [1.807, 2.05) is 19.1 Å². The highest BCUT2D eigenvalue weighted by Crippen LogP contribution is 2.13. The second kappa shape index (κ2) is 5.80. The first-order chi connectivity index (χ1) is 7.52. The molecule has 3 nitrogen and oxygen atoms in total. The second-order valence-corrected chi connectivity index (χ2v) is 4.24. The number of alkyl halides is 1. The van der Waals surface area contributed by atoms with Crippen molar-refractivity contribution in [2.75, 3.05) is 5.33 Å². The molecule has 0 saturated carbocycles. The second-order valence-electron chi connectivity index (χ2n) is 3.68. The predicted molar refractivity (Wildman–Crippen MR) is 65.0 cm³/mol. The Balaban J connectivity index is 2.88. The summed E-state index contributed by atoms with van der Waals surface area (Å²) in [4.78, 5) is 21.9. The van der Waals surface area contributed by atoms with Crippen molar-refractivity contribution in [1.29, 1.82) is 0 Å². The molecule has 0 aliphatic heterocycles. The molecule has 0 amide bonds. The van der Waals surface area contributed by atoms with E-state index in [-0.39, 0.29) is 12.2 Å². The van der Waals surface area contributed by atoms with Gasteiger partial charge in [0, 0.05) is 6.42 Å². The average molecular weight is 285 g/mol. The van der Waals surface area contributed by atoms with Crippen LogP contribution in [-0.4, -0.2) is 22.2 Å². The summed E-state index contributed by atoms with van der Waals surface area (Å²) in [6.45, 7) is 1.87. The zero-order chi connectivity index (χ0) is 12.1. The molecular formula is C12H13BrO3. The lowest BCUT2D eigenvalue weighted by Crippen LogP contribution is -2.06. The maximum Gasteiger partial charge on any atom is 0.307 e. The van der Waals surface area contributed by atoms with E-state index in [4.69, 9.17) is 5.11 Å². The van der Waals surface area contributed by atoms with Gasteiger partial charge in [0.05, 0.1) is 11.8 Å². The van der Waals surface area contributed by atoms with Crippen molar-refractivity contribution in [3.63, 3.8) is 0 Å². The van der Waals surface area contributed by atoms with E-state index in [1.54, 1.807) is 6.07 Å². The highest BCUT2D eigenvalue weighted by Gasteiger charge is 2.07. The Morgan fingerprint density at radius 3 is 2.56 bits per heavy atom. The van der Waals surface area contributed by atoms with Crippen molar-refractivity contribution in [3.8, 4) is 0 Å². The van der Waals surface area contributed by atoms with Gasteiger partial charge in [-0.2, -0.15) is 0 Å². The fourth-order valence-corrected chi connectivity index (χ4v) is 1.66. The molecule has 1 aromatic carbocycles. The summed E-state index contributed by atoms with van der Waals surface area (Å²) in [5.74, 6) is -0.766. The summed E-state index contributed by atoms with van der Waals surface area (Å²) in [6.07, 6.45) is 0.348. The predicted octanol–water partition coefficient (Wildman–Crippen LogP) is 2.13. The van der Waals surface area contributed by atoms with Gasteiger partial charge in [-0.3, -0.25) is 9.59 Å². The fourth-order valence-electron chi connectivity index (χ4n) is 1.46. The number of benzene rings is 1. The third kappa shape index (κ3) is 3.77. The largest absolute Gasteiger partial charge is 0.481 e. The Morgan fingerprint density at radius 2 is 2.00 bits per heavy atom. The van der Waals surface area contributed by atoms with Crippen LogP contribution in [0.15, 0.2) is 18.2 Å². The third-order valence-electron chi connectivity index (χ3n) is 2.31. The number of hydrogen-bond donors (Lipinski definition) is 1. The van der Waals surface area contributed by atoms with Gasteiger partial charge in [-0.25, -0.2) is 0 Å². The van der Waals surface area contributed by atoms with E-state index in [2.05, 4.69) is 15.9 Å². The number of hydrogen-bond acceptors (Lipinski definition) is 2. The van der Waals surface area contributed by atoms with E-state index in [0.717, 1.165) is 16.7 Å². The minimum absolute atomic E-state index is 0.00216. The summed E-state index contributed by atoms with van der Waals surface area (Å²) >= 11 is 3.10. The van der Waals surface area contributed by atoms with Crippen molar-refractivity contribution in [3.05, 3.63) is 34.9 Å². The van der Waals surface area contributed by atoms with Crippen LogP contribution in [0.3, 0.4) is 0 Å². The van der Waals surface area contributed by atoms with E-state index in [0.29, 0.717) is 11.8 Å². The first kappa shape index (κ1) is 12.9. The van der Waals surface area contributed by atoms with Gasteiger partial charge in [0.2, 0.25) is 0 Å². The summed E-state index contributed by atoms with van der Waals surface area (Å²) in [5.41, 5.74) is 2.58. The Bertz CT molecular complexity index is 413. The number of ketones is 1. The molecule has 0 atom stereocenters. The lowest BCUT2D eigenvalue weighted by atomic mass is 10.00. The summed E-state index contributed by atoms with van der Waals surface area (Å²) in [7, 11) is 0. The maximum absolute atomic E-state index is 11.2. The molecule has 1 rings (SSSR count). The third-order valence-corrected chi connectivity index (χ3v) is 2.93. The van der Waals surface area contributed by atoms with Crippen LogP contribution in [0.25, 0.3) is 0 Å². The van der Waals surface area contributed by atoms with Crippen LogP contribution in [-0.2, 0) is 22.4 Å². The van der Waals surface area contributed by atoms with Gasteiger partial charge >= 0.3 is 5.97 Å². The molecule has 0 bridgehead atoms. The number of carboxylic acids is 1. The zero-order valence-corrected chi connectivity index (χ0v) is 10.6. The van der Waals surface area contributed by atoms with Gasteiger partial charge < -0.3 is 5.11 Å². The van der Waals surface area contributed by atoms with Crippen LogP contribution < -0.4 is 0 Å². The number of carbonyl (C=O) groups is 2. The van der Waals surface area contributed by atoms with Gasteiger partial charge in [-0.1, -0.05) is 34.1 Å². The van der Waals surface area contributed by atoms with Crippen LogP contribution in [0.4, 0.5) is 0 Å². The number of carbonyl (C=O) groups excluding carboxylic acids is 1. The molecule has 0 saturated heterocycles. The van der Waals surface area contributed by atoms with Crippen molar-refractivity contribution in [2.45, 2.75) is 19.8 Å². The SMILES string of the molecule is Cc1ccc(CC(=O)CBr)cc1CC(=O)O. The van der Waals surface area contributed by atoms with E-state index >= 15 is 0 Å². The summed E-state index contributed by atoms with van der Waals surface area (Å²) < 4.78 is 0. The Kier molecular flexibility index (Phi) is 4.68. The van der Waals surface area contributed by atoms with Crippen molar-refractivity contribution in [1.82, 2.24) is 0 Å². The van der Waals surface area contributed by atoms with Crippen LogP contribution in [0.5, 0.6) is 0 Å². The van der Waals surface area contributed by atoms with Crippen LogP contribution in [0, 0.1) is 6.92 Å². The maximum atomic E-state index is 11.2. The quantitative estimate of drug-likeness (QED) is 0.843. The van der Waals surface area contributed by atoms with Crippen LogP contribution in [0.1, 0.15) is 16.7 Å². The van der Waals surface area contributed by atoms with Crippen molar-refractivity contribution >= 4 is 27.7 Å². The highest BCUT2D eigenvalue weighted by molar-refractivity contribution is 9.09. The lowest BCUT2D eigenvalue weighted by Gasteiger charge is -2.06. The number of aryl methyl sites for hydroxylation is 1. The number of rotatable bonds is 5. The summed E-state index contributed by atoms with van der Waals surface area (Å²) in [5, 5.41) is 9.06. The minimum Gasteiger partial charge on any atom is -0.481 e. The van der Waals surface area contributed by atoms with Crippen LogP contribution >= 0.6 is 15.9 Å². The molecule has 0 unspecified atom stereocenters. The normalized spacial score (nSPS) is 10.1. The molecule has 0 fully saturated rings. The average Bonchev–Trinajstić information content (AvgIpc) is 2.22. The minimum atomic E-state index is -0.855. The molecule has 1 N–H and O–H groups in total. The van der Waals surface area contributed by atoms with Gasteiger partial charge in [-0.05, 0) is 23.6 Å². The molecule has 4 heteroatoms. The van der Waals surface area contributed by atoms with Gasteiger partial charge in [-0.15, -0.1) is 0 Å². The molecule has 0 radical (unpaired) electrons. The number of Topliss-reactive ketones (excluding diaryl/α,β-unsaturated/α-hetero) is 1. The molecule has 1 aromatic rings. The smallest absolute Gasteiger partial charge is 0.307 e. The molecule has 0 aromatic heterocycles. The van der Waals surface area contributed by atoms with Gasteiger partial charge in [0.15, 0.2) is 0 Å². The highest BCUT2D eigenvalue weighted by atomic mass is 79.9. The molecule has 16 heavy (non-hydrogen) atoms. The monoisotopic (exact) mass is 284 g/mol. The van der Waals surface area contributed by atoms with Crippen LogP contribution in [0.2, 0.25) is 0 Å². The van der Waals surface area contributed by atoms with Crippen molar-refractivity contribution < 1.29 is 14.7 Å².